The van der Waals surface area contributed by atoms with Crippen LogP contribution in [-0.2, 0) is 11.3 Å². The van der Waals surface area contributed by atoms with Crippen molar-refractivity contribution < 1.29 is 9.21 Å². The number of nitrogens with zero attached hydrogens (tertiary/aromatic N) is 3. The van der Waals surface area contributed by atoms with Crippen molar-refractivity contribution in [2.24, 2.45) is 10.2 Å². The summed E-state index contributed by atoms with van der Waals surface area (Å²) < 4.78 is 5.43. The fourth-order valence-corrected chi connectivity index (χ4v) is 3.94. The van der Waals surface area contributed by atoms with Crippen LogP contribution in [0, 0.1) is 6.92 Å². The molecule has 2 aromatic carbocycles. The molecular weight excluding hydrogens is 406 g/mol. The third-order valence-corrected chi connectivity index (χ3v) is 5.64. The molecular formula is C25H21N3O2S. The van der Waals surface area contributed by atoms with Crippen LogP contribution in [0.25, 0.3) is 12.2 Å². The highest BCUT2D eigenvalue weighted by Crippen LogP contribution is 2.34. The van der Waals surface area contributed by atoms with Gasteiger partial charge < -0.3 is 4.42 Å². The van der Waals surface area contributed by atoms with Gasteiger partial charge in [0.25, 0.3) is 5.91 Å². The minimum absolute atomic E-state index is 0.113. The summed E-state index contributed by atoms with van der Waals surface area (Å²) in [4.78, 5) is 15.3. The molecule has 0 spiro atoms. The number of carbonyl (C=O) groups is 1. The Bertz CT molecular complexity index is 1160. The van der Waals surface area contributed by atoms with Gasteiger partial charge in [-0.25, -0.2) is 0 Å². The van der Waals surface area contributed by atoms with Crippen LogP contribution in [0.3, 0.4) is 0 Å². The van der Waals surface area contributed by atoms with Crippen molar-refractivity contribution in [3.05, 3.63) is 106 Å². The molecule has 2 heterocycles. The molecule has 0 saturated carbocycles. The largest absolute Gasteiger partial charge is 0.467 e. The highest BCUT2D eigenvalue weighted by molar-refractivity contribution is 8.18. The van der Waals surface area contributed by atoms with E-state index in [0.29, 0.717) is 22.4 Å². The minimum atomic E-state index is -0.113. The van der Waals surface area contributed by atoms with E-state index in [4.69, 9.17) is 4.42 Å². The molecule has 154 valence electrons. The lowest BCUT2D eigenvalue weighted by molar-refractivity contribution is -0.122. The number of rotatable bonds is 6. The second-order valence-electron chi connectivity index (χ2n) is 6.85. The lowest BCUT2D eigenvalue weighted by atomic mass is 10.1. The van der Waals surface area contributed by atoms with Gasteiger partial charge in [0.05, 0.1) is 17.7 Å². The van der Waals surface area contributed by atoms with Crippen molar-refractivity contribution in [3.8, 4) is 0 Å². The summed E-state index contributed by atoms with van der Waals surface area (Å²) in [6.45, 7) is 2.33. The van der Waals surface area contributed by atoms with Gasteiger partial charge in [-0.2, -0.15) is 5.10 Å². The van der Waals surface area contributed by atoms with Gasteiger partial charge in [-0.3, -0.25) is 9.69 Å². The summed E-state index contributed by atoms with van der Waals surface area (Å²) >= 11 is 1.31. The summed E-state index contributed by atoms with van der Waals surface area (Å²) in [7, 11) is 0. The zero-order valence-corrected chi connectivity index (χ0v) is 17.8. The summed E-state index contributed by atoms with van der Waals surface area (Å²) in [5, 5.41) is 8.97. The smallest absolute Gasteiger partial charge is 0.267 e. The number of aryl methyl sites for hydroxylation is 1. The van der Waals surface area contributed by atoms with Gasteiger partial charge >= 0.3 is 0 Å². The quantitative estimate of drug-likeness (QED) is 0.285. The predicted octanol–water partition coefficient (Wildman–Crippen LogP) is 5.76. The van der Waals surface area contributed by atoms with Gasteiger partial charge in [0.2, 0.25) is 0 Å². The monoisotopic (exact) mass is 427 g/mol. The summed E-state index contributed by atoms with van der Waals surface area (Å²) in [5.41, 5.74) is 3.19. The molecule has 0 aliphatic carbocycles. The number of thioether (sulfide) groups is 1. The lowest BCUT2D eigenvalue weighted by Crippen LogP contribution is -2.28. The zero-order chi connectivity index (χ0) is 21.5. The van der Waals surface area contributed by atoms with Crippen LogP contribution in [0.2, 0.25) is 0 Å². The molecule has 1 aliphatic heterocycles. The number of furan rings is 1. The molecule has 3 aromatic rings. The molecule has 0 bridgehead atoms. The number of hydrogen-bond donors (Lipinski definition) is 0. The van der Waals surface area contributed by atoms with E-state index >= 15 is 0 Å². The van der Waals surface area contributed by atoms with Gasteiger partial charge in [0.15, 0.2) is 5.17 Å². The molecule has 0 unspecified atom stereocenters. The third-order valence-electron chi connectivity index (χ3n) is 4.64. The maximum absolute atomic E-state index is 13.1. The molecule has 1 fully saturated rings. The highest BCUT2D eigenvalue weighted by atomic mass is 32.2. The Morgan fingerprint density at radius 1 is 1.03 bits per heavy atom. The Labute approximate surface area is 185 Å². The number of benzene rings is 2. The molecule has 5 nitrogen and oxygen atoms in total. The first kappa shape index (κ1) is 20.6. The van der Waals surface area contributed by atoms with Crippen molar-refractivity contribution >= 4 is 41.2 Å². The van der Waals surface area contributed by atoms with E-state index < -0.39 is 0 Å². The maximum atomic E-state index is 13.1. The third kappa shape index (κ3) is 5.29. The molecule has 4 rings (SSSR count). The van der Waals surface area contributed by atoms with Crippen molar-refractivity contribution in [3.63, 3.8) is 0 Å². The number of amides is 1. The van der Waals surface area contributed by atoms with Gasteiger partial charge in [-0.15, -0.1) is 5.10 Å². The second kappa shape index (κ2) is 9.91. The van der Waals surface area contributed by atoms with E-state index in [-0.39, 0.29) is 5.91 Å². The van der Waals surface area contributed by atoms with Gasteiger partial charge in [0.1, 0.15) is 5.76 Å². The lowest BCUT2D eigenvalue weighted by Gasteiger charge is -2.12. The van der Waals surface area contributed by atoms with Gasteiger partial charge in [0, 0.05) is 6.21 Å². The maximum Gasteiger partial charge on any atom is 0.267 e. The number of amidine groups is 1. The fourth-order valence-electron chi connectivity index (χ4n) is 3.01. The van der Waals surface area contributed by atoms with Gasteiger partial charge in [-0.1, -0.05) is 60.7 Å². The Balaban J connectivity index is 1.56. The molecule has 1 aromatic heterocycles. The van der Waals surface area contributed by atoms with E-state index in [1.807, 2.05) is 85.8 Å². The Kier molecular flexibility index (Phi) is 6.59. The minimum Gasteiger partial charge on any atom is -0.467 e. The topological polar surface area (TPSA) is 58.2 Å². The second-order valence-corrected chi connectivity index (χ2v) is 7.86. The van der Waals surface area contributed by atoms with Crippen LogP contribution >= 0.6 is 11.8 Å². The molecule has 6 heteroatoms. The number of carbonyl (C=O) groups excluding carboxylic acids is 1. The zero-order valence-electron chi connectivity index (χ0n) is 17.0. The van der Waals surface area contributed by atoms with Crippen molar-refractivity contribution in [1.82, 2.24) is 4.90 Å². The van der Waals surface area contributed by atoms with E-state index in [1.54, 1.807) is 23.4 Å². The van der Waals surface area contributed by atoms with Crippen LogP contribution in [0.1, 0.15) is 22.5 Å². The van der Waals surface area contributed by atoms with Crippen LogP contribution in [0.4, 0.5) is 0 Å². The van der Waals surface area contributed by atoms with Crippen LogP contribution in [0.15, 0.2) is 98.6 Å². The highest BCUT2D eigenvalue weighted by Gasteiger charge is 2.34. The SMILES string of the molecule is Cc1ccccc1/C=C1\S/C(=N/N=C\C=C\c2ccccc2)N(Cc2ccco2)C1=O. The summed E-state index contributed by atoms with van der Waals surface area (Å²) in [6.07, 6.45) is 8.87. The molecule has 31 heavy (non-hydrogen) atoms. The molecule has 1 aliphatic rings. The molecule has 0 N–H and O–H groups in total. The Morgan fingerprint density at radius 2 is 1.84 bits per heavy atom. The van der Waals surface area contributed by atoms with E-state index in [9.17, 15) is 4.79 Å². The average Bonchev–Trinajstić information content (AvgIpc) is 3.40. The molecule has 0 radical (unpaired) electrons. The molecule has 1 amide bonds. The van der Waals surface area contributed by atoms with Crippen LogP contribution in [-0.4, -0.2) is 22.2 Å². The normalized spacial score (nSPS) is 17.1. The fraction of sp³-hybridized carbons (Fsp3) is 0.0800. The molecule has 1 saturated heterocycles. The Morgan fingerprint density at radius 3 is 2.61 bits per heavy atom. The first-order valence-electron chi connectivity index (χ1n) is 9.83. The van der Waals surface area contributed by atoms with E-state index in [2.05, 4.69) is 10.2 Å². The first-order chi connectivity index (χ1) is 15.2. The summed E-state index contributed by atoms with van der Waals surface area (Å²) in [6, 6.07) is 21.5. The van der Waals surface area contributed by atoms with E-state index in [1.165, 1.54) is 11.8 Å². The summed E-state index contributed by atoms with van der Waals surface area (Å²) in [5.74, 6) is 0.574. The standard InChI is InChI=1S/C25H21N3O2S/c1-19-9-5-6-13-21(19)17-23-24(29)28(18-22-14-8-16-30-22)25(31-23)27-26-15-7-12-20-10-3-2-4-11-20/h2-17H,18H2,1H3/b12-7+,23-17-,26-15-,27-25+. The van der Waals surface area contributed by atoms with Crippen LogP contribution in [0.5, 0.6) is 0 Å². The van der Waals surface area contributed by atoms with E-state index in [0.717, 1.165) is 16.7 Å². The predicted molar refractivity (Wildman–Crippen MR) is 127 cm³/mol. The van der Waals surface area contributed by atoms with Crippen molar-refractivity contribution in [1.29, 1.82) is 0 Å². The van der Waals surface area contributed by atoms with Crippen molar-refractivity contribution in [2.75, 3.05) is 0 Å². The van der Waals surface area contributed by atoms with Crippen molar-refractivity contribution in [2.45, 2.75) is 13.5 Å². The number of hydrogen-bond acceptors (Lipinski definition) is 5. The molecule has 0 atom stereocenters. The first-order valence-corrected chi connectivity index (χ1v) is 10.6. The van der Waals surface area contributed by atoms with Gasteiger partial charge in [-0.05, 0) is 59.7 Å². The van der Waals surface area contributed by atoms with Crippen LogP contribution < -0.4 is 0 Å². The Hall–Kier alpha value is -3.64. The average molecular weight is 428 g/mol. The number of allylic oxidation sites excluding steroid dienone is 1.